The topological polar surface area (TPSA) is 37.8 Å². The maximum atomic E-state index is 13.7. The van der Waals surface area contributed by atoms with Crippen molar-refractivity contribution in [3.8, 4) is 11.4 Å². The number of benzene rings is 1. The molecule has 1 heterocycles. The minimum absolute atomic E-state index is 0.0344. The van der Waals surface area contributed by atoms with Crippen molar-refractivity contribution < 1.29 is 8.78 Å². The van der Waals surface area contributed by atoms with Crippen molar-refractivity contribution in [3.63, 3.8) is 0 Å². The van der Waals surface area contributed by atoms with Gasteiger partial charge in [-0.1, -0.05) is 6.92 Å². The number of aromatic nitrogens is 2. The fourth-order valence-electron chi connectivity index (χ4n) is 1.86. The van der Waals surface area contributed by atoms with Gasteiger partial charge in [0.05, 0.1) is 4.47 Å². The minimum Gasteiger partial charge on any atom is -0.370 e. The summed E-state index contributed by atoms with van der Waals surface area (Å²) < 4.78 is 26.9. The Bertz CT molecular complexity index is 674. The van der Waals surface area contributed by atoms with Crippen LogP contribution in [-0.2, 0) is 0 Å². The third kappa shape index (κ3) is 3.20. The van der Waals surface area contributed by atoms with Gasteiger partial charge in [0.1, 0.15) is 5.82 Å². The van der Waals surface area contributed by atoms with Gasteiger partial charge in [0.15, 0.2) is 17.5 Å². The maximum absolute atomic E-state index is 13.7. The molecule has 0 saturated carbocycles. The Balaban J connectivity index is 2.54. The van der Waals surface area contributed by atoms with Crippen LogP contribution in [0.5, 0.6) is 0 Å². The van der Waals surface area contributed by atoms with Crippen molar-refractivity contribution in [2.24, 2.45) is 0 Å². The Hall–Kier alpha value is -1.56. The second-order valence-corrected chi connectivity index (χ2v) is 5.55. The average molecular weight is 356 g/mol. The third-order valence-electron chi connectivity index (χ3n) is 3.21. The van der Waals surface area contributed by atoms with Crippen molar-refractivity contribution in [1.29, 1.82) is 0 Å². The first kappa shape index (κ1) is 15.8. The third-order valence-corrected chi connectivity index (χ3v) is 3.98. The number of nitrogens with one attached hydrogen (secondary N) is 1. The molecule has 21 heavy (non-hydrogen) atoms. The molecule has 6 heteroatoms. The lowest BCUT2D eigenvalue weighted by Crippen LogP contribution is -2.08. The lowest BCUT2D eigenvalue weighted by Gasteiger charge is -2.13. The maximum Gasteiger partial charge on any atom is 0.173 e. The second-order valence-electron chi connectivity index (χ2n) is 4.76. The van der Waals surface area contributed by atoms with Gasteiger partial charge in [-0.3, -0.25) is 0 Å². The molecule has 1 aromatic carbocycles. The molecule has 0 atom stereocenters. The lowest BCUT2D eigenvalue weighted by atomic mass is 10.1. The predicted molar refractivity (Wildman–Crippen MR) is 83.3 cm³/mol. The molecule has 0 unspecified atom stereocenters. The Kier molecular flexibility index (Phi) is 4.88. The number of rotatable bonds is 4. The summed E-state index contributed by atoms with van der Waals surface area (Å²) in [6.45, 7) is 6.64. The summed E-state index contributed by atoms with van der Waals surface area (Å²) >= 11 is 3.07. The van der Waals surface area contributed by atoms with Gasteiger partial charge in [-0.25, -0.2) is 18.7 Å². The number of hydrogen-bond acceptors (Lipinski definition) is 3. The summed E-state index contributed by atoms with van der Waals surface area (Å²) in [5.41, 5.74) is 2.18. The molecular formula is C15H16BrF2N3. The average Bonchev–Trinajstić information content (AvgIpc) is 2.46. The van der Waals surface area contributed by atoms with Gasteiger partial charge in [0, 0.05) is 23.4 Å². The van der Waals surface area contributed by atoms with E-state index in [1.807, 2.05) is 13.8 Å². The predicted octanol–water partition coefficient (Wildman–Crippen LogP) is 4.62. The van der Waals surface area contributed by atoms with E-state index in [0.29, 0.717) is 11.4 Å². The van der Waals surface area contributed by atoms with Crippen LogP contribution in [0.4, 0.5) is 14.6 Å². The first-order valence-corrected chi connectivity index (χ1v) is 7.48. The highest BCUT2D eigenvalue weighted by Gasteiger charge is 2.16. The van der Waals surface area contributed by atoms with Crippen molar-refractivity contribution in [2.75, 3.05) is 11.9 Å². The van der Waals surface area contributed by atoms with Crippen molar-refractivity contribution >= 4 is 21.7 Å². The molecule has 0 amide bonds. The zero-order valence-electron chi connectivity index (χ0n) is 12.1. The molecule has 0 fully saturated rings. The molecule has 1 N–H and O–H groups in total. The highest BCUT2D eigenvalue weighted by atomic mass is 79.9. The molecule has 3 nitrogen and oxygen atoms in total. The van der Waals surface area contributed by atoms with Gasteiger partial charge in [-0.15, -0.1) is 0 Å². The normalized spacial score (nSPS) is 10.8. The summed E-state index contributed by atoms with van der Waals surface area (Å²) in [4.78, 5) is 8.80. The van der Waals surface area contributed by atoms with E-state index in [2.05, 4.69) is 38.1 Å². The first-order valence-electron chi connectivity index (χ1n) is 6.68. The molecule has 0 saturated heterocycles. The molecular weight excluding hydrogens is 340 g/mol. The van der Waals surface area contributed by atoms with Crippen molar-refractivity contribution in [3.05, 3.63) is 39.5 Å². The first-order chi connectivity index (χ1) is 9.95. The molecule has 0 spiro atoms. The van der Waals surface area contributed by atoms with Gasteiger partial charge in [0.25, 0.3) is 0 Å². The summed E-state index contributed by atoms with van der Waals surface area (Å²) in [6, 6.07) is 2.54. The fourth-order valence-corrected chi connectivity index (χ4v) is 2.36. The van der Waals surface area contributed by atoms with E-state index in [9.17, 15) is 8.78 Å². The summed E-state index contributed by atoms with van der Waals surface area (Å²) in [5.74, 6) is -0.755. The van der Waals surface area contributed by atoms with E-state index in [1.54, 1.807) is 0 Å². The standard InChI is InChI=1S/C15H16BrF2N3/c1-4-7-19-14-8(2)9(3)20-15(21-14)10-5-6-11(17)13(18)12(10)16/h5-6H,4,7H2,1-3H3,(H,19,20,21). The van der Waals surface area contributed by atoms with Gasteiger partial charge in [0.2, 0.25) is 0 Å². The van der Waals surface area contributed by atoms with Crippen LogP contribution in [0.15, 0.2) is 16.6 Å². The van der Waals surface area contributed by atoms with Crippen LogP contribution in [0.3, 0.4) is 0 Å². The quantitative estimate of drug-likeness (QED) is 0.813. The van der Waals surface area contributed by atoms with Crippen molar-refractivity contribution in [2.45, 2.75) is 27.2 Å². The largest absolute Gasteiger partial charge is 0.370 e. The fraction of sp³-hybridized carbons (Fsp3) is 0.333. The Morgan fingerprint density at radius 1 is 1.19 bits per heavy atom. The van der Waals surface area contributed by atoms with E-state index in [-0.39, 0.29) is 4.47 Å². The molecule has 0 aliphatic rings. The molecule has 2 rings (SSSR count). The van der Waals surface area contributed by atoms with Gasteiger partial charge in [-0.2, -0.15) is 0 Å². The SMILES string of the molecule is CCCNc1nc(-c2ccc(F)c(F)c2Br)nc(C)c1C. The number of aryl methyl sites for hydroxylation is 1. The monoisotopic (exact) mass is 355 g/mol. The van der Waals surface area contributed by atoms with Crippen LogP contribution in [0.1, 0.15) is 24.6 Å². The molecule has 2 aromatic rings. The Morgan fingerprint density at radius 2 is 1.90 bits per heavy atom. The van der Waals surface area contributed by atoms with Crippen LogP contribution < -0.4 is 5.32 Å². The van der Waals surface area contributed by atoms with Crippen LogP contribution in [0.25, 0.3) is 11.4 Å². The van der Waals surface area contributed by atoms with Gasteiger partial charge >= 0.3 is 0 Å². The molecule has 0 aliphatic carbocycles. The number of nitrogens with zero attached hydrogens (tertiary/aromatic N) is 2. The highest BCUT2D eigenvalue weighted by Crippen LogP contribution is 2.31. The van der Waals surface area contributed by atoms with Crippen LogP contribution in [0, 0.1) is 25.5 Å². The Morgan fingerprint density at radius 3 is 2.57 bits per heavy atom. The summed E-state index contributed by atoms with van der Waals surface area (Å²) in [7, 11) is 0. The molecule has 1 aromatic heterocycles. The molecule has 112 valence electrons. The smallest absolute Gasteiger partial charge is 0.173 e. The zero-order valence-corrected chi connectivity index (χ0v) is 13.7. The Labute approximate surface area is 131 Å². The molecule has 0 bridgehead atoms. The number of halogens is 3. The number of hydrogen-bond donors (Lipinski definition) is 1. The minimum atomic E-state index is -0.933. The summed E-state index contributed by atoms with van der Waals surface area (Å²) in [6.07, 6.45) is 0.965. The van der Waals surface area contributed by atoms with E-state index >= 15 is 0 Å². The van der Waals surface area contributed by atoms with E-state index in [1.165, 1.54) is 6.07 Å². The van der Waals surface area contributed by atoms with E-state index in [4.69, 9.17) is 0 Å². The molecule has 0 radical (unpaired) electrons. The van der Waals surface area contributed by atoms with Crippen LogP contribution in [0.2, 0.25) is 0 Å². The molecule has 0 aliphatic heterocycles. The van der Waals surface area contributed by atoms with Crippen molar-refractivity contribution in [1.82, 2.24) is 9.97 Å². The van der Waals surface area contributed by atoms with Crippen LogP contribution >= 0.6 is 15.9 Å². The van der Waals surface area contributed by atoms with Crippen LogP contribution in [-0.4, -0.2) is 16.5 Å². The highest BCUT2D eigenvalue weighted by molar-refractivity contribution is 9.10. The lowest BCUT2D eigenvalue weighted by molar-refractivity contribution is 0.504. The van der Waals surface area contributed by atoms with E-state index in [0.717, 1.165) is 36.1 Å². The van der Waals surface area contributed by atoms with Gasteiger partial charge < -0.3 is 5.32 Å². The van der Waals surface area contributed by atoms with Gasteiger partial charge in [-0.05, 0) is 48.3 Å². The second kappa shape index (κ2) is 6.47. The zero-order chi connectivity index (χ0) is 15.6. The van der Waals surface area contributed by atoms with E-state index < -0.39 is 11.6 Å². The summed E-state index contributed by atoms with van der Waals surface area (Å²) in [5, 5.41) is 3.22. The number of anilines is 1.